The highest BCUT2D eigenvalue weighted by atomic mass is 32.2. The van der Waals surface area contributed by atoms with Gasteiger partial charge in [0.2, 0.25) is 0 Å². The quantitative estimate of drug-likeness (QED) is 0.475. The predicted octanol–water partition coefficient (Wildman–Crippen LogP) is 2.77. The maximum absolute atomic E-state index is 12.1. The maximum atomic E-state index is 12.1. The van der Waals surface area contributed by atoms with Crippen molar-refractivity contribution >= 4 is 32.4 Å². The van der Waals surface area contributed by atoms with E-state index in [9.17, 15) is 18.3 Å². The fraction of sp³-hybridized carbons (Fsp3) is 0. The van der Waals surface area contributed by atoms with Crippen LogP contribution in [-0.2, 0) is 10.1 Å². The molecule has 0 atom stereocenters. The van der Waals surface area contributed by atoms with E-state index in [-0.39, 0.29) is 10.9 Å². The first-order valence-electron chi connectivity index (χ1n) is 7.08. The van der Waals surface area contributed by atoms with Gasteiger partial charge in [0.25, 0.3) is 15.7 Å². The van der Waals surface area contributed by atoms with Crippen LogP contribution in [0, 0.1) is 11.3 Å². The molecule has 0 aliphatic heterocycles. The topological polar surface area (TPSA) is 156 Å². The second-order valence-electron chi connectivity index (χ2n) is 5.19. The van der Waals surface area contributed by atoms with Crippen LogP contribution in [0.5, 0.6) is 5.75 Å². The third kappa shape index (κ3) is 3.30. The summed E-state index contributed by atoms with van der Waals surface area (Å²) in [5.74, 6) is -0.577. The number of rotatable bonds is 3. The Labute approximate surface area is 146 Å². The van der Waals surface area contributed by atoms with E-state index in [0.29, 0.717) is 11.3 Å². The smallest absolute Gasteiger partial charge is 0.294 e. The second kappa shape index (κ2) is 6.40. The first-order chi connectivity index (χ1) is 12.3. The second-order valence-corrected chi connectivity index (χ2v) is 6.61. The Kier molecular flexibility index (Phi) is 4.25. The normalized spacial score (nSPS) is 11.7. The van der Waals surface area contributed by atoms with E-state index in [0.717, 1.165) is 12.1 Å². The fourth-order valence-corrected chi connectivity index (χ4v) is 2.72. The molecule has 130 valence electrons. The molecule has 3 N–H and O–H groups in total. The van der Waals surface area contributed by atoms with Crippen LogP contribution in [0.15, 0.2) is 62.4 Å². The van der Waals surface area contributed by atoms with Crippen molar-refractivity contribution in [2.24, 2.45) is 10.2 Å². The summed E-state index contributed by atoms with van der Waals surface area (Å²) < 4.78 is 31.6. The summed E-state index contributed by atoms with van der Waals surface area (Å²) in [6.07, 6.45) is 0. The number of pyridine rings is 1. The number of azo groups is 1. The Hall–Kier alpha value is -3.55. The first kappa shape index (κ1) is 17.3. The van der Waals surface area contributed by atoms with Crippen LogP contribution >= 0.6 is 0 Å². The third-order valence-electron chi connectivity index (χ3n) is 3.49. The fourth-order valence-electron chi connectivity index (χ4n) is 2.21. The summed E-state index contributed by atoms with van der Waals surface area (Å²) in [6.45, 7) is 0. The summed E-state index contributed by atoms with van der Waals surface area (Å²) in [5, 5.41) is 26.5. The molecule has 0 fully saturated rings. The van der Waals surface area contributed by atoms with Gasteiger partial charge in [-0.15, -0.1) is 5.11 Å². The molecule has 0 radical (unpaired) electrons. The van der Waals surface area contributed by atoms with Gasteiger partial charge in [-0.2, -0.15) is 18.8 Å². The van der Waals surface area contributed by atoms with Crippen molar-refractivity contribution in [3.05, 3.63) is 58.4 Å². The van der Waals surface area contributed by atoms with Crippen LogP contribution in [0.25, 0.3) is 10.9 Å². The number of fused-ring (bicyclic) bond motifs is 1. The SMILES string of the molecule is N#Cc1ccc(/N=N/c2c(O)c3cc(S(=O)(=O)O)ccc3[nH]c2=O)cc1. The number of nitrogens with one attached hydrogen (secondary N) is 1. The number of aromatic amines is 1. The monoisotopic (exact) mass is 370 g/mol. The Balaban J connectivity index is 2.11. The molecule has 1 aromatic heterocycles. The van der Waals surface area contributed by atoms with E-state index in [1.165, 1.54) is 30.3 Å². The minimum absolute atomic E-state index is 0.0199. The highest BCUT2D eigenvalue weighted by molar-refractivity contribution is 7.85. The Morgan fingerprint density at radius 3 is 2.38 bits per heavy atom. The summed E-state index contributed by atoms with van der Waals surface area (Å²) in [5.41, 5.74) is -0.221. The van der Waals surface area contributed by atoms with E-state index >= 15 is 0 Å². The molecule has 2 aromatic carbocycles. The zero-order valence-electron chi connectivity index (χ0n) is 12.9. The lowest BCUT2D eigenvalue weighted by Gasteiger charge is -2.05. The van der Waals surface area contributed by atoms with Crippen molar-refractivity contribution in [3.63, 3.8) is 0 Å². The average Bonchev–Trinajstić information content (AvgIpc) is 2.61. The molecule has 0 unspecified atom stereocenters. The number of nitriles is 1. The van der Waals surface area contributed by atoms with Crippen molar-refractivity contribution in [1.29, 1.82) is 5.26 Å². The van der Waals surface area contributed by atoms with Gasteiger partial charge >= 0.3 is 0 Å². The summed E-state index contributed by atoms with van der Waals surface area (Å²) in [6, 6.07) is 11.3. The molecule has 0 aliphatic carbocycles. The van der Waals surface area contributed by atoms with Crippen LogP contribution in [0.1, 0.15) is 5.56 Å². The molecule has 3 aromatic rings. The van der Waals surface area contributed by atoms with Gasteiger partial charge in [-0.25, -0.2) is 0 Å². The number of nitrogens with zero attached hydrogens (tertiary/aromatic N) is 3. The molecule has 0 saturated carbocycles. The predicted molar refractivity (Wildman–Crippen MR) is 91.4 cm³/mol. The third-order valence-corrected chi connectivity index (χ3v) is 4.34. The average molecular weight is 370 g/mol. The molecular formula is C16H10N4O5S. The van der Waals surface area contributed by atoms with Crippen molar-refractivity contribution < 1.29 is 18.1 Å². The molecule has 3 rings (SSSR count). The van der Waals surface area contributed by atoms with Gasteiger partial charge in [0.15, 0.2) is 11.4 Å². The number of hydrogen-bond acceptors (Lipinski definition) is 7. The number of aromatic hydroxyl groups is 1. The van der Waals surface area contributed by atoms with Gasteiger partial charge in [-0.05, 0) is 42.5 Å². The Morgan fingerprint density at radius 1 is 1.08 bits per heavy atom. The van der Waals surface area contributed by atoms with Gasteiger partial charge in [0.1, 0.15) is 0 Å². The van der Waals surface area contributed by atoms with Crippen molar-refractivity contribution in [1.82, 2.24) is 4.98 Å². The Morgan fingerprint density at radius 2 is 1.77 bits per heavy atom. The van der Waals surface area contributed by atoms with Gasteiger partial charge in [0, 0.05) is 5.39 Å². The van der Waals surface area contributed by atoms with Crippen molar-refractivity contribution in [2.45, 2.75) is 4.90 Å². The highest BCUT2D eigenvalue weighted by Crippen LogP contribution is 2.32. The zero-order valence-corrected chi connectivity index (χ0v) is 13.7. The zero-order chi connectivity index (χ0) is 18.9. The van der Waals surface area contributed by atoms with Crippen LogP contribution in [0.4, 0.5) is 11.4 Å². The van der Waals surface area contributed by atoms with Gasteiger partial charge in [-0.1, -0.05) is 0 Å². The largest absolute Gasteiger partial charge is 0.505 e. The number of hydrogen-bond donors (Lipinski definition) is 3. The lowest BCUT2D eigenvalue weighted by molar-refractivity contribution is 0.480. The number of benzene rings is 2. The molecule has 0 amide bonds. The molecule has 9 nitrogen and oxygen atoms in total. The number of H-pyrrole nitrogens is 1. The molecule has 0 spiro atoms. The number of aromatic nitrogens is 1. The van der Waals surface area contributed by atoms with Crippen LogP contribution < -0.4 is 5.56 Å². The molecule has 0 bridgehead atoms. The Bertz CT molecular complexity index is 1240. The first-order valence-corrected chi connectivity index (χ1v) is 8.52. The van der Waals surface area contributed by atoms with E-state index in [1.807, 2.05) is 6.07 Å². The highest BCUT2D eigenvalue weighted by Gasteiger charge is 2.16. The minimum Gasteiger partial charge on any atom is -0.505 e. The lowest BCUT2D eigenvalue weighted by Crippen LogP contribution is -2.06. The molecule has 10 heteroatoms. The maximum Gasteiger partial charge on any atom is 0.294 e. The molecule has 1 heterocycles. The van der Waals surface area contributed by atoms with E-state index in [1.54, 1.807) is 0 Å². The van der Waals surface area contributed by atoms with Crippen LogP contribution in [-0.4, -0.2) is 23.1 Å². The summed E-state index contributed by atoms with van der Waals surface area (Å²) in [7, 11) is -4.48. The van der Waals surface area contributed by atoms with Crippen molar-refractivity contribution in [2.75, 3.05) is 0 Å². The van der Waals surface area contributed by atoms with Gasteiger partial charge in [-0.3, -0.25) is 9.35 Å². The molecular weight excluding hydrogens is 360 g/mol. The molecule has 0 aliphatic rings. The van der Waals surface area contributed by atoms with Crippen molar-refractivity contribution in [3.8, 4) is 11.8 Å². The standard InChI is InChI=1S/C16H10N4O5S/c17-8-9-1-3-10(4-2-9)19-20-14-15(21)12-7-11(26(23,24)25)5-6-13(12)18-16(14)22/h1-7H,(H2,18,21,22)(H,23,24,25)/b20-19+. The van der Waals surface area contributed by atoms with Crippen LogP contribution in [0.2, 0.25) is 0 Å². The van der Waals surface area contributed by atoms with E-state index < -0.39 is 32.0 Å². The summed E-state index contributed by atoms with van der Waals surface area (Å²) in [4.78, 5) is 14.1. The van der Waals surface area contributed by atoms with E-state index in [2.05, 4.69) is 15.2 Å². The molecule has 0 saturated heterocycles. The minimum atomic E-state index is -4.48. The van der Waals surface area contributed by atoms with Crippen LogP contribution in [0.3, 0.4) is 0 Å². The lowest BCUT2D eigenvalue weighted by atomic mass is 10.2. The van der Waals surface area contributed by atoms with E-state index in [4.69, 9.17) is 9.81 Å². The van der Waals surface area contributed by atoms with Gasteiger partial charge in [0.05, 0.1) is 27.7 Å². The molecule has 26 heavy (non-hydrogen) atoms. The van der Waals surface area contributed by atoms with Gasteiger partial charge < -0.3 is 10.1 Å². The summed E-state index contributed by atoms with van der Waals surface area (Å²) >= 11 is 0.